The van der Waals surface area contributed by atoms with E-state index in [2.05, 4.69) is 15.3 Å². The van der Waals surface area contributed by atoms with Crippen LogP contribution in [0.4, 0.5) is 11.5 Å². The summed E-state index contributed by atoms with van der Waals surface area (Å²) in [5.74, 6) is 2.32. The van der Waals surface area contributed by atoms with Crippen molar-refractivity contribution in [3.8, 4) is 5.75 Å². The quantitative estimate of drug-likeness (QED) is 0.879. The highest BCUT2D eigenvalue weighted by atomic mass is 16.5. The Kier molecular flexibility index (Phi) is 3.23. The lowest BCUT2D eigenvalue weighted by molar-refractivity contribution is 0.417. The lowest BCUT2D eigenvalue weighted by Crippen LogP contribution is -2.00. The zero-order valence-corrected chi connectivity index (χ0v) is 10.2. The number of aromatic nitrogens is 2. The van der Waals surface area contributed by atoms with Gasteiger partial charge in [-0.15, -0.1) is 0 Å². The number of ether oxygens (including phenoxy) is 1. The third-order valence-electron chi connectivity index (χ3n) is 2.34. The summed E-state index contributed by atoms with van der Waals surface area (Å²) in [7, 11) is 1.65. The summed E-state index contributed by atoms with van der Waals surface area (Å²) in [6.07, 6.45) is 0. The Morgan fingerprint density at radius 1 is 1.12 bits per heavy atom. The van der Waals surface area contributed by atoms with Crippen LogP contribution in [0.25, 0.3) is 0 Å². The summed E-state index contributed by atoms with van der Waals surface area (Å²) >= 11 is 0. The molecular weight excluding hydrogens is 214 g/mol. The molecule has 0 aliphatic heterocycles. The molecule has 0 saturated heterocycles. The second kappa shape index (κ2) is 4.82. The van der Waals surface area contributed by atoms with Crippen molar-refractivity contribution >= 4 is 11.5 Å². The molecule has 88 valence electrons. The van der Waals surface area contributed by atoms with Gasteiger partial charge in [-0.05, 0) is 26.0 Å². The van der Waals surface area contributed by atoms with E-state index in [-0.39, 0.29) is 0 Å². The van der Waals surface area contributed by atoms with Gasteiger partial charge < -0.3 is 10.1 Å². The van der Waals surface area contributed by atoms with Gasteiger partial charge in [0.1, 0.15) is 17.4 Å². The molecule has 0 bridgehead atoms. The number of nitrogens with one attached hydrogen (secondary N) is 1. The number of hydrogen-bond acceptors (Lipinski definition) is 4. The molecule has 4 heteroatoms. The van der Waals surface area contributed by atoms with E-state index in [1.807, 2.05) is 44.2 Å². The lowest BCUT2D eigenvalue weighted by Gasteiger charge is -2.10. The van der Waals surface area contributed by atoms with Crippen molar-refractivity contribution in [2.75, 3.05) is 12.4 Å². The predicted molar refractivity (Wildman–Crippen MR) is 67.8 cm³/mol. The molecule has 0 unspecified atom stereocenters. The van der Waals surface area contributed by atoms with E-state index in [0.717, 1.165) is 28.8 Å². The Labute approximate surface area is 101 Å². The minimum Gasteiger partial charge on any atom is -0.495 e. The van der Waals surface area contributed by atoms with Gasteiger partial charge in [0.2, 0.25) is 0 Å². The fourth-order valence-corrected chi connectivity index (χ4v) is 1.67. The average molecular weight is 229 g/mol. The molecular formula is C13H15N3O. The summed E-state index contributed by atoms with van der Waals surface area (Å²) < 4.78 is 5.27. The van der Waals surface area contributed by atoms with Crippen molar-refractivity contribution in [2.24, 2.45) is 0 Å². The van der Waals surface area contributed by atoms with E-state index in [1.165, 1.54) is 0 Å². The number of benzene rings is 1. The van der Waals surface area contributed by atoms with Crippen LogP contribution in [0.5, 0.6) is 5.75 Å². The molecule has 1 N–H and O–H groups in total. The molecule has 0 saturated carbocycles. The Hall–Kier alpha value is -2.10. The first-order valence-electron chi connectivity index (χ1n) is 5.41. The molecule has 0 radical (unpaired) electrons. The highest BCUT2D eigenvalue weighted by Crippen LogP contribution is 2.26. The molecule has 1 heterocycles. The molecule has 17 heavy (non-hydrogen) atoms. The van der Waals surface area contributed by atoms with Gasteiger partial charge in [-0.2, -0.15) is 0 Å². The van der Waals surface area contributed by atoms with Gasteiger partial charge in [-0.1, -0.05) is 12.1 Å². The van der Waals surface area contributed by atoms with Gasteiger partial charge in [0.05, 0.1) is 12.8 Å². The van der Waals surface area contributed by atoms with E-state index in [9.17, 15) is 0 Å². The molecule has 0 atom stereocenters. The van der Waals surface area contributed by atoms with Crippen LogP contribution in [0, 0.1) is 13.8 Å². The standard InChI is InChI=1S/C13H15N3O/c1-9-8-13(15-10(2)14-9)16-11-6-4-5-7-12(11)17-3/h4-8H,1-3H3,(H,14,15,16). The Balaban J connectivity index is 2.31. The third-order valence-corrected chi connectivity index (χ3v) is 2.34. The van der Waals surface area contributed by atoms with Crippen LogP contribution < -0.4 is 10.1 Å². The van der Waals surface area contributed by atoms with Crippen LogP contribution in [-0.4, -0.2) is 17.1 Å². The van der Waals surface area contributed by atoms with Crippen LogP contribution >= 0.6 is 0 Å². The van der Waals surface area contributed by atoms with Crippen molar-refractivity contribution in [1.82, 2.24) is 9.97 Å². The predicted octanol–water partition coefficient (Wildman–Crippen LogP) is 2.85. The summed E-state index contributed by atoms with van der Waals surface area (Å²) in [4.78, 5) is 8.56. The minimum absolute atomic E-state index is 0.752. The van der Waals surface area contributed by atoms with Crippen LogP contribution in [0.2, 0.25) is 0 Å². The largest absolute Gasteiger partial charge is 0.495 e. The fourth-order valence-electron chi connectivity index (χ4n) is 1.67. The Bertz CT molecular complexity index is 506. The highest BCUT2D eigenvalue weighted by molar-refractivity contribution is 5.64. The van der Waals surface area contributed by atoms with E-state index in [1.54, 1.807) is 7.11 Å². The first kappa shape index (κ1) is 11.4. The zero-order valence-electron chi connectivity index (χ0n) is 10.2. The van der Waals surface area contributed by atoms with Crippen molar-refractivity contribution < 1.29 is 4.74 Å². The molecule has 2 aromatic rings. The minimum atomic E-state index is 0.752. The van der Waals surface area contributed by atoms with Crippen LogP contribution in [0.15, 0.2) is 30.3 Å². The van der Waals surface area contributed by atoms with E-state index < -0.39 is 0 Å². The first-order valence-corrected chi connectivity index (χ1v) is 5.41. The molecule has 0 fully saturated rings. The first-order chi connectivity index (χ1) is 8.19. The fraction of sp³-hybridized carbons (Fsp3) is 0.231. The van der Waals surface area contributed by atoms with Gasteiger partial charge in [0.25, 0.3) is 0 Å². The monoisotopic (exact) mass is 229 g/mol. The number of aryl methyl sites for hydroxylation is 2. The summed E-state index contributed by atoms with van der Waals surface area (Å²) in [6.45, 7) is 3.82. The van der Waals surface area contributed by atoms with Crippen molar-refractivity contribution in [3.05, 3.63) is 41.9 Å². The summed E-state index contributed by atoms with van der Waals surface area (Å²) in [6, 6.07) is 9.64. The third kappa shape index (κ3) is 2.72. The lowest BCUT2D eigenvalue weighted by atomic mass is 10.3. The second-order valence-electron chi connectivity index (χ2n) is 3.77. The van der Waals surface area contributed by atoms with Crippen LogP contribution in [-0.2, 0) is 0 Å². The number of hydrogen-bond donors (Lipinski definition) is 1. The Morgan fingerprint density at radius 3 is 2.59 bits per heavy atom. The normalized spacial score (nSPS) is 10.1. The maximum atomic E-state index is 5.27. The maximum Gasteiger partial charge on any atom is 0.142 e. The van der Waals surface area contributed by atoms with E-state index in [4.69, 9.17) is 4.74 Å². The highest BCUT2D eigenvalue weighted by Gasteiger charge is 2.03. The summed E-state index contributed by atoms with van der Waals surface area (Å²) in [5, 5.41) is 3.23. The van der Waals surface area contributed by atoms with Gasteiger partial charge in [-0.25, -0.2) is 9.97 Å². The molecule has 1 aromatic heterocycles. The van der Waals surface area contributed by atoms with Crippen molar-refractivity contribution in [2.45, 2.75) is 13.8 Å². The molecule has 0 amide bonds. The zero-order chi connectivity index (χ0) is 12.3. The van der Waals surface area contributed by atoms with Crippen molar-refractivity contribution in [3.63, 3.8) is 0 Å². The van der Waals surface area contributed by atoms with E-state index >= 15 is 0 Å². The van der Waals surface area contributed by atoms with Crippen LogP contribution in [0.3, 0.4) is 0 Å². The number of methoxy groups -OCH3 is 1. The number of nitrogens with zero attached hydrogens (tertiary/aromatic N) is 2. The molecule has 4 nitrogen and oxygen atoms in total. The van der Waals surface area contributed by atoms with Gasteiger partial charge in [0, 0.05) is 11.8 Å². The molecule has 0 aliphatic rings. The van der Waals surface area contributed by atoms with Crippen LogP contribution in [0.1, 0.15) is 11.5 Å². The van der Waals surface area contributed by atoms with Crippen molar-refractivity contribution in [1.29, 1.82) is 0 Å². The van der Waals surface area contributed by atoms with Gasteiger partial charge in [0.15, 0.2) is 0 Å². The number of para-hydroxylation sites is 2. The molecule has 0 spiro atoms. The number of anilines is 2. The topological polar surface area (TPSA) is 47.0 Å². The maximum absolute atomic E-state index is 5.27. The van der Waals surface area contributed by atoms with E-state index in [0.29, 0.717) is 0 Å². The van der Waals surface area contributed by atoms with Gasteiger partial charge >= 0.3 is 0 Å². The molecule has 2 rings (SSSR count). The molecule has 0 aliphatic carbocycles. The Morgan fingerprint density at radius 2 is 1.88 bits per heavy atom. The summed E-state index contributed by atoms with van der Waals surface area (Å²) in [5.41, 5.74) is 1.84. The second-order valence-corrected chi connectivity index (χ2v) is 3.77. The number of rotatable bonds is 3. The average Bonchev–Trinajstić information content (AvgIpc) is 2.28. The van der Waals surface area contributed by atoms with Gasteiger partial charge in [-0.3, -0.25) is 0 Å². The smallest absolute Gasteiger partial charge is 0.142 e. The SMILES string of the molecule is COc1ccccc1Nc1cc(C)nc(C)n1. The molecule has 1 aromatic carbocycles.